The molecule has 9 heteroatoms. The van der Waals surface area contributed by atoms with Gasteiger partial charge in [0, 0.05) is 13.0 Å². The third kappa shape index (κ3) is 4.23. The number of nitrogens with one attached hydrogen (secondary N) is 1. The Morgan fingerprint density at radius 2 is 2.35 bits per heavy atom. The van der Waals surface area contributed by atoms with Crippen molar-refractivity contribution >= 4 is 11.8 Å². The molecule has 126 valence electrons. The van der Waals surface area contributed by atoms with Crippen LogP contribution in [0.2, 0.25) is 0 Å². The Kier molecular flexibility index (Phi) is 5.16. The van der Waals surface area contributed by atoms with E-state index in [1.807, 2.05) is 0 Å². The van der Waals surface area contributed by atoms with Gasteiger partial charge in [0.15, 0.2) is 11.0 Å². The number of hydrogen-bond acceptors (Lipinski definition) is 7. The standard InChI is InChI=1S/C14H21N5O3S/c1-9(2)6-12-15-11(18-22-12)8-23-14-17-16-13(20)19(14)7-10-4-3-5-21-10/h9-10H,3-8H2,1-2H3,(H,16,20). The minimum Gasteiger partial charge on any atom is -0.376 e. The summed E-state index contributed by atoms with van der Waals surface area (Å²) < 4.78 is 12.4. The molecule has 1 N–H and O–H groups in total. The maximum Gasteiger partial charge on any atom is 0.344 e. The van der Waals surface area contributed by atoms with Crippen molar-refractivity contribution < 1.29 is 9.26 Å². The zero-order valence-corrected chi connectivity index (χ0v) is 14.1. The van der Waals surface area contributed by atoms with E-state index in [2.05, 4.69) is 34.2 Å². The van der Waals surface area contributed by atoms with E-state index in [-0.39, 0.29) is 11.8 Å². The van der Waals surface area contributed by atoms with E-state index in [0.717, 1.165) is 25.9 Å². The van der Waals surface area contributed by atoms with Gasteiger partial charge in [-0.05, 0) is 18.8 Å². The molecule has 3 heterocycles. The summed E-state index contributed by atoms with van der Waals surface area (Å²) in [5, 5.41) is 11.2. The lowest BCUT2D eigenvalue weighted by atomic mass is 10.1. The van der Waals surface area contributed by atoms with Crippen molar-refractivity contribution in [3.05, 3.63) is 22.2 Å². The SMILES string of the molecule is CC(C)Cc1nc(CSc2n[nH]c(=O)n2CC2CCCO2)no1. The summed E-state index contributed by atoms with van der Waals surface area (Å²) in [5.41, 5.74) is -0.211. The molecule has 3 rings (SSSR count). The highest BCUT2D eigenvalue weighted by Gasteiger charge is 2.20. The van der Waals surface area contributed by atoms with Crippen LogP contribution >= 0.6 is 11.8 Å². The largest absolute Gasteiger partial charge is 0.376 e. The summed E-state index contributed by atoms with van der Waals surface area (Å²) in [6.07, 6.45) is 2.88. The van der Waals surface area contributed by atoms with E-state index in [4.69, 9.17) is 9.26 Å². The lowest BCUT2D eigenvalue weighted by Crippen LogP contribution is -2.24. The number of aromatic amines is 1. The highest BCUT2D eigenvalue weighted by atomic mass is 32.2. The lowest BCUT2D eigenvalue weighted by Gasteiger charge is -2.10. The van der Waals surface area contributed by atoms with Gasteiger partial charge in [0.25, 0.3) is 0 Å². The molecule has 8 nitrogen and oxygen atoms in total. The van der Waals surface area contributed by atoms with Gasteiger partial charge in [0.2, 0.25) is 5.89 Å². The topological polar surface area (TPSA) is 98.8 Å². The van der Waals surface area contributed by atoms with Crippen LogP contribution in [0.3, 0.4) is 0 Å². The summed E-state index contributed by atoms with van der Waals surface area (Å²) in [6.45, 7) is 5.50. The van der Waals surface area contributed by atoms with Gasteiger partial charge in [-0.2, -0.15) is 4.98 Å². The van der Waals surface area contributed by atoms with Gasteiger partial charge < -0.3 is 9.26 Å². The Morgan fingerprint density at radius 3 is 3.09 bits per heavy atom. The second-order valence-electron chi connectivity index (χ2n) is 6.05. The van der Waals surface area contributed by atoms with Crippen LogP contribution in [-0.4, -0.2) is 37.6 Å². The van der Waals surface area contributed by atoms with Crippen molar-refractivity contribution in [1.29, 1.82) is 0 Å². The van der Waals surface area contributed by atoms with Gasteiger partial charge in [0.05, 0.1) is 18.4 Å². The Hall–Kier alpha value is -1.61. The van der Waals surface area contributed by atoms with Gasteiger partial charge in [-0.1, -0.05) is 30.8 Å². The van der Waals surface area contributed by atoms with Crippen LogP contribution in [0.1, 0.15) is 38.4 Å². The van der Waals surface area contributed by atoms with E-state index in [0.29, 0.717) is 35.1 Å². The minimum atomic E-state index is -0.211. The number of nitrogens with zero attached hydrogens (tertiary/aromatic N) is 4. The average Bonchev–Trinajstić information content (AvgIpc) is 3.22. The van der Waals surface area contributed by atoms with Crippen LogP contribution in [0.4, 0.5) is 0 Å². The predicted octanol–water partition coefficient (Wildman–Crippen LogP) is 1.62. The second kappa shape index (κ2) is 7.31. The molecule has 1 saturated heterocycles. The van der Waals surface area contributed by atoms with Gasteiger partial charge in [-0.15, -0.1) is 5.10 Å². The molecule has 0 aromatic carbocycles. The molecule has 1 unspecified atom stereocenters. The molecule has 0 amide bonds. The first kappa shape index (κ1) is 16.3. The fraction of sp³-hybridized carbons (Fsp3) is 0.714. The van der Waals surface area contributed by atoms with Crippen molar-refractivity contribution in [2.75, 3.05) is 6.61 Å². The van der Waals surface area contributed by atoms with Crippen LogP contribution in [0.5, 0.6) is 0 Å². The quantitative estimate of drug-likeness (QED) is 0.765. The Bertz CT molecular complexity index is 687. The van der Waals surface area contributed by atoms with Crippen molar-refractivity contribution in [2.45, 2.75) is 56.7 Å². The molecule has 1 fully saturated rings. The van der Waals surface area contributed by atoms with Gasteiger partial charge in [-0.25, -0.2) is 9.89 Å². The summed E-state index contributed by atoms with van der Waals surface area (Å²) in [5.74, 6) is 2.25. The Morgan fingerprint density at radius 1 is 1.48 bits per heavy atom. The first-order valence-corrected chi connectivity index (χ1v) is 8.81. The van der Waals surface area contributed by atoms with E-state index in [9.17, 15) is 4.79 Å². The maximum atomic E-state index is 11.9. The van der Waals surface area contributed by atoms with Crippen molar-refractivity contribution in [3.63, 3.8) is 0 Å². The van der Waals surface area contributed by atoms with Crippen LogP contribution in [0, 0.1) is 5.92 Å². The predicted molar refractivity (Wildman–Crippen MR) is 84.2 cm³/mol. The molecule has 0 spiro atoms. The summed E-state index contributed by atoms with van der Waals surface area (Å²) in [6, 6.07) is 0. The molecule has 1 aliphatic rings. The molecular weight excluding hydrogens is 318 g/mol. The van der Waals surface area contributed by atoms with Gasteiger partial charge in [0.1, 0.15) is 0 Å². The zero-order valence-electron chi connectivity index (χ0n) is 13.3. The normalized spacial score (nSPS) is 18.1. The third-order valence-electron chi connectivity index (χ3n) is 3.56. The average molecular weight is 339 g/mol. The molecule has 0 radical (unpaired) electrons. The molecule has 1 aliphatic heterocycles. The molecule has 0 bridgehead atoms. The number of aromatic nitrogens is 5. The van der Waals surface area contributed by atoms with E-state index in [1.54, 1.807) is 4.57 Å². The second-order valence-corrected chi connectivity index (χ2v) is 6.99. The molecule has 0 saturated carbocycles. The highest BCUT2D eigenvalue weighted by Crippen LogP contribution is 2.21. The Balaban J connectivity index is 1.61. The number of hydrogen-bond donors (Lipinski definition) is 1. The van der Waals surface area contributed by atoms with Crippen molar-refractivity contribution in [2.24, 2.45) is 5.92 Å². The number of rotatable bonds is 7. The fourth-order valence-electron chi connectivity index (χ4n) is 2.48. The van der Waals surface area contributed by atoms with Crippen LogP contribution in [0.15, 0.2) is 14.5 Å². The van der Waals surface area contributed by atoms with Crippen LogP contribution in [0.25, 0.3) is 0 Å². The summed E-state index contributed by atoms with van der Waals surface area (Å²) >= 11 is 1.42. The monoisotopic (exact) mass is 339 g/mol. The fourth-order valence-corrected chi connectivity index (χ4v) is 3.28. The molecule has 2 aromatic heterocycles. The third-order valence-corrected chi connectivity index (χ3v) is 4.53. The minimum absolute atomic E-state index is 0.0902. The van der Waals surface area contributed by atoms with Crippen LogP contribution in [-0.2, 0) is 23.5 Å². The number of ether oxygens (including phenoxy) is 1. The molecule has 2 aromatic rings. The molecule has 23 heavy (non-hydrogen) atoms. The maximum absolute atomic E-state index is 11.9. The van der Waals surface area contributed by atoms with E-state index >= 15 is 0 Å². The first-order valence-electron chi connectivity index (χ1n) is 7.83. The first-order chi connectivity index (χ1) is 11.1. The molecular formula is C14H21N5O3S. The molecule has 0 aliphatic carbocycles. The van der Waals surface area contributed by atoms with Crippen molar-refractivity contribution in [1.82, 2.24) is 24.9 Å². The zero-order chi connectivity index (χ0) is 16.2. The highest BCUT2D eigenvalue weighted by molar-refractivity contribution is 7.98. The number of thioether (sulfide) groups is 1. The molecule has 1 atom stereocenters. The van der Waals surface area contributed by atoms with Gasteiger partial charge in [-0.3, -0.25) is 4.57 Å². The van der Waals surface area contributed by atoms with Crippen molar-refractivity contribution in [3.8, 4) is 0 Å². The van der Waals surface area contributed by atoms with Gasteiger partial charge >= 0.3 is 5.69 Å². The smallest absolute Gasteiger partial charge is 0.344 e. The van der Waals surface area contributed by atoms with E-state index in [1.165, 1.54) is 11.8 Å². The number of H-pyrrole nitrogens is 1. The summed E-state index contributed by atoms with van der Waals surface area (Å²) in [7, 11) is 0. The summed E-state index contributed by atoms with van der Waals surface area (Å²) in [4.78, 5) is 16.2. The van der Waals surface area contributed by atoms with E-state index < -0.39 is 0 Å². The van der Waals surface area contributed by atoms with Crippen LogP contribution < -0.4 is 5.69 Å². The Labute approximate surface area is 138 Å². The lowest BCUT2D eigenvalue weighted by molar-refractivity contribution is 0.0941.